The van der Waals surface area contributed by atoms with Crippen LogP contribution < -0.4 is 5.32 Å². The molecule has 1 amide bonds. The van der Waals surface area contributed by atoms with Gasteiger partial charge in [-0.25, -0.2) is 0 Å². The Bertz CT molecular complexity index is 676. The normalized spacial score (nSPS) is 10.5. The topological polar surface area (TPSA) is 55.4 Å². The molecule has 1 N–H and O–H groups in total. The Hall–Kier alpha value is -2.88. The van der Waals surface area contributed by atoms with Crippen molar-refractivity contribution in [3.05, 3.63) is 77.4 Å². The second-order valence-electron chi connectivity index (χ2n) is 5.04. The zero-order chi connectivity index (χ0) is 16.5. The third kappa shape index (κ3) is 5.79. The maximum atomic E-state index is 11.8. The first-order chi connectivity index (χ1) is 11.1. The lowest BCUT2D eigenvalue weighted by Crippen LogP contribution is -2.30. The molecular formula is C19H19NO3. The van der Waals surface area contributed by atoms with Gasteiger partial charge in [0.25, 0.3) is 5.91 Å². The quantitative estimate of drug-likeness (QED) is 0.835. The molecule has 0 atom stereocenters. The summed E-state index contributed by atoms with van der Waals surface area (Å²) < 4.78 is 5.03. The molecule has 0 spiro atoms. The summed E-state index contributed by atoms with van der Waals surface area (Å²) in [5.74, 6) is -0.759. The van der Waals surface area contributed by atoms with Crippen LogP contribution in [0, 0.1) is 6.92 Å². The van der Waals surface area contributed by atoms with Gasteiger partial charge in [-0.15, -0.1) is 0 Å². The molecule has 0 aliphatic rings. The molecule has 0 unspecified atom stereocenters. The molecule has 0 heterocycles. The molecule has 23 heavy (non-hydrogen) atoms. The van der Waals surface area contributed by atoms with Gasteiger partial charge in [-0.1, -0.05) is 54.1 Å². The molecule has 2 rings (SSSR count). The van der Waals surface area contributed by atoms with Gasteiger partial charge >= 0.3 is 5.97 Å². The summed E-state index contributed by atoms with van der Waals surface area (Å²) in [5.41, 5.74) is 2.63. The van der Waals surface area contributed by atoms with Gasteiger partial charge in [-0.05, 0) is 30.7 Å². The van der Waals surface area contributed by atoms with E-state index in [0.29, 0.717) is 5.56 Å². The van der Waals surface area contributed by atoms with E-state index in [1.165, 1.54) is 0 Å². The van der Waals surface area contributed by atoms with E-state index in [4.69, 9.17) is 4.74 Å². The number of esters is 1. The van der Waals surface area contributed by atoms with Crippen LogP contribution in [0.15, 0.2) is 60.7 Å². The summed E-state index contributed by atoms with van der Waals surface area (Å²) in [6.45, 7) is 1.97. The summed E-state index contributed by atoms with van der Waals surface area (Å²) in [6.07, 6.45) is 3.63. The van der Waals surface area contributed by atoms with Crippen molar-refractivity contribution in [2.75, 3.05) is 13.2 Å². The second-order valence-corrected chi connectivity index (χ2v) is 5.04. The van der Waals surface area contributed by atoms with Crippen LogP contribution in [-0.2, 0) is 9.53 Å². The Labute approximate surface area is 135 Å². The van der Waals surface area contributed by atoms with Crippen LogP contribution in [0.1, 0.15) is 21.5 Å². The maximum absolute atomic E-state index is 11.8. The third-order valence-electron chi connectivity index (χ3n) is 3.16. The van der Waals surface area contributed by atoms with Crippen LogP contribution in [0.5, 0.6) is 0 Å². The molecule has 0 aliphatic heterocycles. The number of rotatable bonds is 6. The molecule has 0 saturated heterocycles. The zero-order valence-electron chi connectivity index (χ0n) is 13.0. The molecule has 0 radical (unpaired) electrons. The van der Waals surface area contributed by atoms with E-state index < -0.39 is 5.97 Å². The summed E-state index contributed by atoms with van der Waals surface area (Å²) >= 11 is 0. The Kier molecular flexibility index (Phi) is 6.12. The molecule has 4 nitrogen and oxygen atoms in total. The fraction of sp³-hybridized carbons (Fsp3) is 0.158. The van der Waals surface area contributed by atoms with Gasteiger partial charge in [-0.3, -0.25) is 9.59 Å². The molecule has 2 aromatic rings. The van der Waals surface area contributed by atoms with Gasteiger partial charge in [0.2, 0.25) is 0 Å². The van der Waals surface area contributed by atoms with Gasteiger partial charge in [0.05, 0.1) is 0 Å². The number of hydrogen-bond acceptors (Lipinski definition) is 3. The van der Waals surface area contributed by atoms with Crippen molar-refractivity contribution in [3.8, 4) is 0 Å². The van der Waals surface area contributed by atoms with E-state index in [-0.39, 0.29) is 19.1 Å². The minimum Gasteiger partial charge on any atom is -0.460 e. The largest absolute Gasteiger partial charge is 0.460 e. The highest BCUT2D eigenvalue weighted by Gasteiger charge is 2.07. The standard InChI is InChI=1S/C19H19NO3/c1-15-9-11-17(12-10-15)19(22)20-14-18(21)23-13-5-8-16-6-3-2-4-7-16/h2-12H,13-14H2,1H3,(H,20,22)/b8-5+. The molecule has 2 aromatic carbocycles. The number of ether oxygens (including phenoxy) is 1. The Morgan fingerprint density at radius 2 is 1.74 bits per heavy atom. The van der Waals surface area contributed by atoms with Crippen LogP contribution in [0.25, 0.3) is 6.08 Å². The predicted octanol–water partition coefficient (Wildman–Crippen LogP) is 2.98. The average Bonchev–Trinajstić information content (AvgIpc) is 2.58. The molecule has 0 aromatic heterocycles. The van der Waals surface area contributed by atoms with Crippen molar-refractivity contribution in [2.24, 2.45) is 0 Å². The highest BCUT2D eigenvalue weighted by molar-refractivity contribution is 5.95. The van der Waals surface area contributed by atoms with E-state index in [9.17, 15) is 9.59 Å². The SMILES string of the molecule is Cc1ccc(C(=O)NCC(=O)OC/C=C/c2ccccc2)cc1. The van der Waals surface area contributed by atoms with Crippen LogP contribution in [0.2, 0.25) is 0 Å². The first-order valence-electron chi connectivity index (χ1n) is 7.37. The number of carbonyl (C=O) groups is 2. The number of amides is 1. The summed E-state index contributed by atoms with van der Waals surface area (Å²) in [7, 11) is 0. The number of benzene rings is 2. The second kappa shape index (κ2) is 8.54. The number of nitrogens with one attached hydrogen (secondary N) is 1. The van der Waals surface area contributed by atoms with E-state index >= 15 is 0 Å². The van der Waals surface area contributed by atoms with Crippen molar-refractivity contribution in [1.29, 1.82) is 0 Å². The van der Waals surface area contributed by atoms with Gasteiger partial charge in [0, 0.05) is 5.56 Å². The van der Waals surface area contributed by atoms with Crippen molar-refractivity contribution >= 4 is 18.0 Å². The highest BCUT2D eigenvalue weighted by Crippen LogP contribution is 2.03. The molecule has 0 bridgehead atoms. The molecule has 0 aliphatic carbocycles. The fourth-order valence-electron chi connectivity index (χ4n) is 1.90. The first-order valence-corrected chi connectivity index (χ1v) is 7.37. The smallest absolute Gasteiger partial charge is 0.325 e. The number of carbonyl (C=O) groups excluding carboxylic acids is 2. The summed E-state index contributed by atoms with van der Waals surface area (Å²) in [6, 6.07) is 16.9. The minimum atomic E-state index is -0.469. The van der Waals surface area contributed by atoms with E-state index in [2.05, 4.69) is 5.32 Å². The minimum absolute atomic E-state index is 0.147. The van der Waals surface area contributed by atoms with Crippen molar-refractivity contribution in [1.82, 2.24) is 5.32 Å². The molecule has 118 valence electrons. The summed E-state index contributed by atoms with van der Waals surface area (Å²) in [4.78, 5) is 23.4. The van der Waals surface area contributed by atoms with Gasteiger partial charge < -0.3 is 10.1 Å². The van der Waals surface area contributed by atoms with Crippen molar-refractivity contribution in [2.45, 2.75) is 6.92 Å². The predicted molar refractivity (Wildman–Crippen MR) is 89.9 cm³/mol. The lowest BCUT2D eigenvalue weighted by Gasteiger charge is -2.05. The van der Waals surface area contributed by atoms with Gasteiger partial charge in [0.1, 0.15) is 13.2 Å². The number of hydrogen-bond donors (Lipinski definition) is 1. The first kappa shape index (κ1) is 16.5. The van der Waals surface area contributed by atoms with Gasteiger partial charge in [-0.2, -0.15) is 0 Å². The monoisotopic (exact) mass is 309 g/mol. The highest BCUT2D eigenvalue weighted by atomic mass is 16.5. The Morgan fingerprint density at radius 1 is 1.04 bits per heavy atom. The Balaban J connectivity index is 1.70. The van der Waals surface area contributed by atoms with Gasteiger partial charge in [0.15, 0.2) is 0 Å². The number of aryl methyl sites for hydroxylation is 1. The van der Waals surface area contributed by atoms with Crippen molar-refractivity contribution in [3.63, 3.8) is 0 Å². The lowest BCUT2D eigenvalue weighted by molar-refractivity contribution is -0.141. The van der Waals surface area contributed by atoms with Crippen LogP contribution in [0.3, 0.4) is 0 Å². The Morgan fingerprint density at radius 3 is 2.43 bits per heavy atom. The van der Waals surface area contributed by atoms with Crippen LogP contribution >= 0.6 is 0 Å². The molecule has 0 saturated carbocycles. The molecular weight excluding hydrogens is 290 g/mol. The fourth-order valence-corrected chi connectivity index (χ4v) is 1.90. The molecule has 0 fully saturated rings. The maximum Gasteiger partial charge on any atom is 0.325 e. The molecule has 4 heteroatoms. The zero-order valence-corrected chi connectivity index (χ0v) is 13.0. The van der Waals surface area contributed by atoms with Crippen LogP contribution in [-0.4, -0.2) is 25.0 Å². The third-order valence-corrected chi connectivity index (χ3v) is 3.16. The van der Waals surface area contributed by atoms with Crippen molar-refractivity contribution < 1.29 is 14.3 Å². The van der Waals surface area contributed by atoms with E-state index in [1.54, 1.807) is 18.2 Å². The van der Waals surface area contributed by atoms with Crippen LogP contribution in [0.4, 0.5) is 0 Å². The lowest BCUT2D eigenvalue weighted by atomic mass is 10.1. The van der Waals surface area contributed by atoms with E-state index in [1.807, 2.05) is 55.5 Å². The van der Waals surface area contributed by atoms with E-state index in [0.717, 1.165) is 11.1 Å². The summed E-state index contributed by atoms with van der Waals surface area (Å²) in [5, 5.41) is 2.54. The average molecular weight is 309 g/mol.